The van der Waals surface area contributed by atoms with E-state index >= 15 is 0 Å². The van der Waals surface area contributed by atoms with Crippen LogP contribution >= 0.6 is 11.6 Å². The molecule has 0 radical (unpaired) electrons. The summed E-state index contributed by atoms with van der Waals surface area (Å²) < 4.78 is 6.39. The van der Waals surface area contributed by atoms with Crippen LogP contribution in [0, 0.1) is 11.3 Å². The maximum absolute atomic E-state index is 12.5. The van der Waals surface area contributed by atoms with E-state index in [0.717, 1.165) is 5.56 Å². The fourth-order valence-corrected chi connectivity index (χ4v) is 2.72. The van der Waals surface area contributed by atoms with Crippen LogP contribution in [0.5, 0.6) is 0 Å². The number of fused-ring (bicyclic) bond motifs is 1. The molecule has 0 unspecified atom stereocenters. The lowest BCUT2D eigenvalue weighted by Crippen LogP contribution is -2.26. The van der Waals surface area contributed by atoms with Gasteiger partial charge in [0.05, 0.1) is 17.0 Å². The van der Waals surface area contributed by atoms with Crippen molar-refractivity contribution in [2.45, 2.75) is 13.2 Å². The predicted molar refractivity (Wildman–Crippen MR) is 102 cm³/mol. The van der Waals surface area contributed by atoms with E-state index in [1.165, 1.54) is 10.6 Å². The van der Waals surface area contributed by atoms with Crippen molar-refractivity contribution in [3.63, 3.8) is 0 Å². The summed E-state index contributed by atoms with van der Waals surface area (Å²) in [5.41, 5.74) is 0.893. The van der Waals surface area contributed by atoms with Gasteiger partial charge in [-0.15, -0.1) is 0 Å². The lowest BCUT2D eigenvalue weighted by molar-refractivity contribution is -0.139. The lowest BCUT2D eigenvalue weighted by atomic mass is 10.2. The first-order chi connectivity index (χ1) is 13.1. The molecule has 0 aliphatic rings. The molecule has 0 amide bonds. The van der Waals surface area contributed by atoms with Gasteiger partial charge in [0, 0.05) is 11.1 Å². The fourth-order valence-electron chi connectivity index (χ4n) is 2.52. The molecule has 2 aromatic carbocycles. The van der Waals surface area contributed by atoms with E-state index in [1.54, 1.807) is 54.6 Å². The van der Waals surface area contributed by atoms with E-state index in [2.05, 4.69) is 4.98 Å². The second kappa shape index (κ2) is 8.30. The molecule has 7 heteroatoms. The molecular formula is C20H14ClN3O3. The highest BCUT2D eigenvalue weighted by molar-refractivity contribution is 6.30. The molecule has 6 nitrogen and oxygen atoms in total. The van der Waals surface area contributed by atoms with Gasteiger partial charge in [-0.1, -0.05) is 35.9 Å². The number of halogens is 1. The van der Waals surface area contributed by atoms with E-state index < -0.39 is 5.97 Å². The van der Waals surface area contributed by atoms with Gasteiger partial charge < -0.3 is 4.74 Å². The summed E-state index contributed by atoms with van der Waals surface area (Å²) in [6, 6.07) is 15.8. The van der Waals surface area contributed by atoms with Crippen LogP contribution in [-0.2, 0) is 22.7 Å². The summed E-state index contributed by atoms with van der Waals surface area (Å²) in [6.07, 6.45) is 2.84. The van der Waals surface area contributed by atoms with Crippen LogP contribution in [0.2, 0.25) is 5.02 Å². The molecule has 0 saturated carbocycles. The largest absolute Gasteiger partial charge is 0.454 e. The third kappa shape index (κ3) is 4.40. The number of hydrogen-bond donors (Lipinski definition) is 0. The second-order valence-electron chi connectivity index (χ2n) is 5.59. The van der Waals surface area contributed by atoms with Crippen LogP contribution in [0.4, 0.5) is 0 Å². The molecule has 0 atom stereocenters. The third-order valence-electron chi connectivity index (χ3n) is 3.77. The Labute approximate surface area is 159 Å². The Balaban J connectivity index is 1.80. The average molecular weight is 380 g/mol. The topological polar surface area (TPSA) is 85.0 Å². The minimum atomic E-state index is -0.596. The summed E-state index contributed by atoms with van der Waals surface area (Å²) in [5, 5.41) is 9.95. The summed E-state index contributed by atoms with van der Waals surface area (Å²) >= 11 is 5.89. The summed E-state index contributed by atoms with van der Waals surface area (Å²) in [5.74, 6) is -0.384. The molecule has 134 valence electrons. The number of ether oxygens (including phenoxy) is 1. The van der Waals surface area contributed by atoms with E-state index in [0.29, 0.717) is 15.9 Å². The number of para-hydroxylation sites is 1. The molecule has 0 bridgehead atoms. The second-order valence-corrected chi connectivity index (χ2v) is 6.03. The Bertz CT molecular complexity index is 1130. The van der Waals surface area contributed by atoms with Crippen LogP contribution in [0.3, 0.4) is 0 Å². The van der Waals surface area contributed by atoms with Crippen molar-refractivity contribution in [3.8, 4) is 6.07 Å². The highest BCUT2D eigenvalue weighted by atomic mass is 35.5. The molecule has 0 aliphatic heterocycles. The van der Waals surface area contributed by atoms with E-state index in [1.807, 2.05) is 6.07 Å². The van der Waals surface area contributed by atoms with Crippen molar-refractivity contribution >= 4 is 34.5 Å². The Morgan fingerprint density at radius 2 is 2.07 bits per heavy atom. The Morgan fingerprint density at radius 1 is 1.26 bits per heavy atom. The Kier molecular flexibility index (Phi) is 5.64. The van der Waals surface area contributed by atoms with E-state index in [9.17, 15) is 9.59 Å². The Hall–Kier alpha value is -3.43. The van der Waals surface area contributed by atoms with Gasteiger partial charge in [0.25, 0.3) is 5.56 Å². The highest BCUT2D eigenvalue weighted by Gasteiger charge is 2.12. The Morgan fingerprint density at radius 3 is 2.85 bits per heavy atom. The number of carbonyl (C=O) groups excluding carboxylic acids is 1. The maximum Gasteiger partial charge on any atom is 0.331 e. The molecule has 0 spiro atoms. The van der Waals surface area contributed by atoms with Crippen molar-refractivity contribution < 1.29 is 9.53 Å². The normalized spacial score (nSPS) is 10.8. The maximum atomic E-state index is 12.5. The van der Waals surface area contributed by atoms with Crippen LogP contribution in [0.1, 0.15) is 11.4 Å². The minimum absolute atomic E-state index is 0.179. The van der Waals surface area contributed by atoms with Crippen LogP contribution in [0.25, 0.3) is 17.0 Å². The molecule has 0 fully saturated rings. The van der Waals surface area contributed by atoms with Gasteiger partial charge in [0.15, 0.2) is 5.82 Å². The van der Waals surface area contributed by atoms with Crippen molar-refractivity contribution in [2.75, 3.05) is 0 Å². The standard InChI is InChI=1S/C20H14ClN3O3/c21-15-5-3-4-14(12-15)8-9-19(25)27-13-18-23-17-7-2-1-6-16(17)20(26)24(18)11-10-22/h1-9,12H,11,13H2/b9-8+. The smallest absolute Gasteiger partial charge is 0.331 e. The number of nitrogens with zero attached hydrogens (tertiary/aromatic N) is 3. The van der Waals surface area contributed by atoms with Gasteiger partial charge in [-0.3, -0.25) is 9.36 Å². The van der Waals surface area contributed by atoms with E-state index in [4.69, 9.17) is 21.6 Å². The number of rotatable bonds is 5. The number of benzene rings is 2. The first-order valence-electron chi connectivity index (χ1n) is 8.04. The molecule has 27 heavy (non-hydrogen) atoms. The number of aromatic nitrogens is 2. The zero-order chi connectivity index (χ0) is 19.2. The summed E-state index contributed by atoms with van der Waals surface area (Å²) in [6.45, 7) is -0.400. The number of nitriles is 1. The van der Waals surface area contributed by atoms with Crippen molar-refractivity contribution in [1.29, 1.82) is 5.26 Å². The van der Waals surface area contributed by atoms with Crippen LogP contribution in [-0.4, -0.2) is 15.5 Å². The minimum Gasteiger partial charge on any atom is -0.454 e. The van der Waals surface area contributed by atoms with Crippen molar-refractivity contribution in [1.82, 2.24) is 9.55 Å². The lowest BCUT2D eigenvalue weighted by Gasteiger charge is -2.10. The van der Waals surface area contributed by atoms with Gasteiger partial charge in [-0.25, -0.2) is 9.78 Å². The first kappa shape index (κ1) is 18.4. The van der Waals surface area contributed by atoms with Crippen molar-refractivity contribution in [2.24, 2.45) is 0 Å². The zero-order valence-corrected chi connectivity index (χ0v) is 14.9. The molecule has 0 N–H and O–H groups in total. The monoisotopic (exact) mass is 379 g/mol. The summed E-state index contributed by atoms with van der Waals surface area (Å²) in [7, 11) is 0. The highest BCUT2D eigenvalue weighted by Crippen LogP contribution is 2.12. The molecule has 3 aromatic rings. The third-order valence-corrected chi connectivity index (χ3v) is 4.01. The first-order valence-corrected chi connectivity index (χ1v) is 8.42. The predicted octanol–water partition coefficient (Wildman–Crippen LogP) is 3.33. The number of hydrogen-bond acceptors (Lipinski definition) is 5. The van der Waals surface area contributed by atoms with E-state index in [-0.39, 0.29) is 24.5 Å². The number of esters is 1. The fraction of sp³-hybridized carbons (Fsp3) is 0.100. The SMILES string of the molecule is N#CCn1c(COC(=O)/C=C/c2cccc(Cl)c2)nc2ccccc2c1=O. The van der Waals surface area contributed by atoms with Gasteiger partial charge in [-0.05, 0) is 35.9 Å². The number of carbonyl (C=O) groups is 1. The average Bonchev–Trinajstić information content (AvgIpc) is 2.67. The molecule has 0 aliphatic carbocycles. The quantitative estimate of drug-likeness (QED) is 0.501. The zero-order valence-electron chi connectivity index (χ0n) is 14.1. The van der Waals surface area contributed by atoms with Crippen LogP contribution < -0.4 is 5.56 Å². The molecule has 0 saturated heterocycles. The van der Waals surface area contributed by atoms with Crippen LogP contribution in [0.15, 0.2) is 59.4 Å². The van der Waals surface area contributed by atoms with Gasteiger partial charge in [-0.2, -0.15) is 5.26 Å². The molecule has 1 aromatic heterocycles. The molecular weight excluding hydrogens is 366 g/mol. The molecule has 1 heterocycles. The van der Waals surface area contributed by atoms with Gasteiger partial charge in [0.2, 0.25) is 0 Å². The molecule has 3 rings (SSSR count). The van der Waals surface area contributed by atoms with Gasteiger partial charge in [0.1, 0.15) is 13.2 Å². The van der Waals surface area contributed by atoms with Gasteiger partial charge >= 0.3 is 5.97 Å². The summed E-state index contributed by atoms with van der Waals surface area (Å²) in [4.78, 5) is 28.9. The van der Waals surface area contributed by atoms with Crippen molar-refractivity contribution in [3.05, 3.63) is 81.4 Å².